The maximum absolute atomic E-state index is 11.8. The molecule has 0 saturated carbocycles. The first kappa shape index (κ1) is 13.5. The Bertz CT molecular complexity index is 52.8. The van der Waals surface area contributed by atoms with Gasteiger partial charge in [0.1, 0.15) is 0 Å². The van der Waals surface area contributed by atoms with Crippen molar-refractivity contribution in [2.75, 3.05) is 6.67 Å². The van der Waals surface area contributed by atoms with Crippen molar-refractivity contribution in [1.82, 2.24) is 0 Å². The van der Waals surface area contributed by atoms with Crippen LogP contribution in [0.5, 0.6) is 0 Å². The molecule has 0 bridgehead atoms. The van der Waals surface area contributed by atoms with Gasteiger partial charge in [-0.05, 0) is 12.3 Å². The lowest BCUT2D eigenvalue weighted by molar-refractivity contribution is 0.357. The monoisotopic (exact) mass is 162 g/mol. The number of halogens is 1. The molecule has 0 aliphatic carbocycles. The quantitative estimate of drug-likeness (QED) is 0.531. The Balaban J connectivity index is 0. The third kappa shape index (κ3) is 13.0. The molecular weight excluding hydrogens is 139 g/mol. The molecule has 1 unspecified atom stereocenters. The normalized spacial score (nSPS) is 11.7. The summed E-state index contributed by atoms with van der Waals surface area (Å²) in [6, 6.07) is 0. The van der Waals surface area contributed by atoms with Crippen LogP contribution < -0.4 is 0 Å². The summed E-state index contributed by atoms with van der Waals surface area (Å²) in [5, 5.41) is 0. The Morgan fingerprint density at radius 1 is 1.18 bits per heavy atom. The average molecular weight is 162 g/mol. The van der Waals surface area contributed by atoms with Crippen LogP contribution in [-0.4, -0.2) is 6.67 Å². The maximum atomic E-state index is 11.8. The highest BCUT2D eigenvalue weighted by atomic mass is 19.1. The van der Waals surface area contributed by atoms with Gasteiger partial charge in [0, 0.05) is 0 Å². The van der Waals surface area contributed by atoms with Crippen LogP contribution >= 0.6 is 0 Å². The number of unbranched alkanes of at least 4 members (excludes halogenated alkanes) is 2. The van der Waals surface area contributed by atoms with Gasteiger partial charge in [0.05, 0.1) is 6.67 Å². The van der Waals surface area contributed by atoms with Gasteiger partial charge in [-0.1, -0.05) is 47.0 Å². The van der Waals surface area contributed by atoms with E-state index in [1.807, 2.05) is 20.8 Å². The predicted molar refractivity (Wildman–Crippen MR) is 50.6 cm³/mol. The van der Waals surface area contributed by atoms with Crippen LogP contribution in [0.2, 0.25) is 0 Å². The molecule has 70 valence electrons. The summed E-state index contributed by atoms with van der Waals surface area (Å²) in [6.07, 6.45) is 4.75. The fourth-order valence-corrected chi connectivity index (χ4v) is 0.820. The zero-order valence-corrected chi connectivity index (χ0v) is 8.49. The minimum atomic E-state index is -0.149. The SMILES string of the molecule is CC.CCCCCC(C)CF. The van der Waals surface area contributed by atoms with Gasteiger partial charge in [-0.15, -0.1) is 0 Å². The van der Waals surface area contributed by atoms with Crippen LogP contribution in [-0.2, 0) is 0 Å². The molecule has 0 nitrogen and oxygen atoms in total. The first-order chi connectivity index (χ1) is 5.31. The first-order valence-electron chi connectivity index (χ1n) is 4.87. The van der Waals surface area contributed by atoms with Gasteiger partial charge in [-0.25, -0.2) is 0 Å². The molecule has 1 heteroatoms. The molecule has 0 saturated heterocycles. The minimum absolute atomic E-state index is 0.149. The molecule has 0 amide bonds. The highest BCUT2D eigenvalue weighted by Crippen LogP contribution is 2.08. The van der Waals surface area contributed by atoms with Gasteiger partial charge in [-0.3, -0.25) is 4.39 Å². The lowest BCUT2D eigenvalue weighted by atomic mass is 10.1. The zero-order chi connectivity index (χ0) is 9.11. The number of alkyl halides is 1. The molecule has 0 aromatic heterocycles. The first-order valence-corrected chi connectivity index (χ1v) is 4.87. The molecule has 0 heterocycles. The Morgan fingerprint density at radius 3 is 2.09 bits per heavy atom. The van der Waals surface area contributed by atoms with Crippen molar-refractivity contribution >= 4 is 0 Å². The van der Waals surface area contributed by atoms with Gasteiger partial charge >= 0.3 is 0 Å². The van der Waals surface area contributed by atoms with Crippen molar-refractivity contribution in [1.29, 1.82) is 0 Å². The Morgan fingerprint density at radius 2 is 1.73 bits per heavy atom. The summed E-state index contributed by atoms with van der Waals surface area (Å²) in [4.78, 5) is 0. The van der Waals surface area contributed by atoms with E-state index in [-0.39, 0.29) is 12.6 Å². The molecule has 0 N–H and O–H groups in total. The van der Waals surface area contributed by atoms with Crippen molar-refractivity contribution in [3.63, 3.8) is 0 Å². The van der Waals surface area contributed by atoms with Gasteiger partial charge in [0.15, 0.2) is 0 Å². The van der Waals surface area contributed by atoms with Crippen LogP contribution in [0.25, 0.3) is 0 Å². The van der Waals surface area contributed by atoms with Crippen molar-refractivity contribution in [3.05, 3.63) is 0 Å². The van der Waals surface area contributed by atoms with Crippen LogP contribution in [0.4, 0.5) is 4.39 Å². The van der Waals surface area contributed by atoms with Gasteiger partial charge in [0.25, 0.3) is 0 Å². The second kappa shape index (κ2) is 12.6. The molecule has 0 aromatic carbocycles. The van der Waals surface area contributed by atoms with Gasteiger partial charge < -0.3 is 0 Å². The molecule has 0 aliphatic heterocycles. The smallest absolute Gasteiger partial charge is 0.0919 e. The van der Waals surface area contributed by atoms with Crippen molar-refractivity contribution in [3.8, 4) is 0 Å². The van der Waals surface area contributed by atoms with E-state index in [0.717, 1.165) is 6.42 Å². The van der Waals surface area contributed by atoms with Crippen molar-refractivity contribution in [2.45, 2.75) is 53.4 Å². The van der Waals surface area contributed by atoms with E-state index in [2.05, 4.69) is 6.92 Å². The van der Waals surface area contributed by atoms with E-state index in [1.54, 1.807) is 0 Å². The van der Waals surface area contributed by atoms with Crippen LogP contribution in [0.1, 0.15) is 53.4 Å². The Kier molecular flexibility index (Phi) is 15.5. The number of hydrogen-bond donors (Lipinski definition) is 0. The average Bonchev–Trinajstić information content (AvgIpc) is 2.08. The fourth-order valence-electron chi connectivity index (χ4n) is 0.820. The summed E-state index contributed by atoms with van der Waals surface area (Å²) < 4.78 is 11.8. The van der Waals surface area contributed by atoms with Crippen molar-refractivity contribution in [2.24, 2.45) is 5.92 Å². The van der Waals surface area contributed by atoms with E-state index < -0.39 is 0 Å². The van der Waals surface area contributed by atoms with Gasteiger partial charge in [-0.2, -0.15) is 0 Å². The fraction of sp³-hybridized carbons (Fsp3) is 1.00. The molecule has 0 radical (unpaired) electrons. The van der Waals surface area contributed by atoms with E-state index in [9.17, 15) is 4.39 Å². The van der Waals surface area contributed by atoms with E-state index in [0.29, 0.717) is 0 Å². The van der Waals surface area contributed by atoms with E-state index in [4.69, 9.17) is 0 Å². The zero-order valence-electron chi connectivity index (χ0n) is 8.49. The topological polar surface area (TPSA) is 0 Å². The lowest BCUT2D eigenvalue weighted by Gasteiger charge is -2.03. The summed E-state index contributed by atoms with van der Waals surface area (Å²) in [5.74, 6) is 0.288. The third-order valence-electron chi connectivity index (χ3n) is 1.56. The van der Waals surface area contributed by atoms with Gasteiger partial charge in [0.2, 0.25) is 0 Å². The second-order valence-electron chi connectivity index (χ2n) is 2.76. The molecule has 0 aliphatic rings. The molecule has 1 atom stereocenters. The summed E-state index contributed by atoms with van der Waals surface area (Å²) >= 11 is 0. The Hall–Kier alpha value is -0.0700. The number of hydrogen-bond acceptors (Lipinski definition) is 0. The molecule has 0 spiro atoms. The minimum Gasteiger partial charge on any atom is -0.251 e. The van der Waals surface area contributed by atoms with Crippen LogP contribution in [0.15, 0.2) is 0 Å². The molecule has 11 heavy (non-hydrogen) atoms. The largest absolute Gasteiger partial charge is 0.251 e. The van der Waals surface area contributed by atoms with Crippen molar-refractivity contribution < 1.29 is 4.39 Å². The molecule has 0 fully saturated rings. The number of rotatable bonds is 5. The lowest BCUT2D eigenvalue weighted by Crippen LogP contribution is -1.95. The third-order valence-corrected chi connectivity index (χ3v) is 1.56. The molecule has 0 rings (SSSR count). The van der Waals surface area contributed by atoms with E-state index in [1.165, 1.54) is 19.3 Å². The molecular formula is C10H23F. The standard InChI is InChI=1S/C8H17F.C2H6/c1-3-4-5-6-8(2)7-9;1-2/h8H,3-7H2,1-2H3;1-2H3. The molecule has 0 aromatic rings. The summed E-state index contributed by atoms with van der Waals surface area (Å²) in [5.41, 5.74) is 0. The van der Waals surface area contributed by atoms with Crippen LogP contribution in [0.3, 0.4) is 0 Å². The maximum Gasteiger partial charge on any atom is 0.0919 e. The predicted octanol–water partition coefficient (Wildman–Crippen LogP) is 4.20. The van der Waals surface area contributed by atoms with E-state index >= 15 is 0 Å². The highest BCUT2D eigenvalue weighted by molar-refractivity contribution is 4.49. The second-order valence-corrected chi connectivity index (χ2v) is 2.76. The summed E-state index contributed by atoms with van der Waals surface area (Å²) in [6.45, 7) is 7.99. The summed E-state index contributed by atoms with van der Waals surface area (Å²) in [7, 11) is 0. The highest BCUT2D eigenvalue weighted by Gasteiger charge is 1.98. The van der Waals surface area contributed by atoms with Crippen LogP contribution in [0, 0.1) is 5.92 Å². The Labute approximate surface area is 71.2 Å².